The number of anilines is 2. The molecule has 0 spiro atoms. The number of amides is 2. The number of aryl methyl sites for hydroxylation is 1. The summed E-state index contributed by atoms with van der Waals surface area (Å²) in [6.07, 6.45) is 3.44. The highest BCUT2D eigenvalue weighted by molar-refractivity contribution is 7.07. The lowest BCUT2D eigenvalue weighted by atomic mass is 9.76. The van der Waals surface area contributed by atoms with Gasteiger partial charge in [-0.1, -0.05) is 37.5 Å². The lowest BCUT2D eigenvalue weighted by Crippen LogP contribution is -2.54. The molecule has 0 radical (unpaired) electrons. The van der Waals surface area contributed by atoms with E-state index in [0.29, 0.717) is 18.2 Å². The van der Waals surface area contributed by atoms with E-state index < -0.39 is 23.7 Å². The Balaban J connectivity index is 1.35. The van der Waals surface area contributed by atoms with Crippen LogP contribution in [0.25, 0.3) is 0 Å². The lowest BCUT2D eigenvalue weighted by Gasteiger charge is -2.47. The van der Waals surface area contributed by atoms with E-state index in [4.69, 9.17) is 0 Å². The van der Waals surface area contributed by atoms with Crippen LogP contribution in [-0.2, 0) is 11.0 Å². The molecule has 4 atom stereocenters. The van der Waals surface area contributed by atoms with Gasteiger partial charge in [0.25, 0.3) is 5.91 Å². The fraction of sp³-hybridized carbons (Fsp3) is 0.469. The Kier molecular flexibility index (Phi) is 8.00. The first kappa shape index (κ1) is 28.7. The second-order valence-electron chi connectivity index (χ2n) is 11.9. The summed E-state index contributed by atoms with van der Waals surface area (Å²) < 4.78 is 40.9. The van der Waals surface area contributed by atoms with Crippen LogP contribution < -0.4 is 10.6 Å². The second-order valence-corrected chi connectivity index (χ2v) is 12.6. The first-order valence-corrected chi connectivity index (χ1v) is 15.7. The van der Waals surface area contributed by atoms with E-state index in [0.717, 1.165) is 49.4 Å². The summed E-state index contributed by atoms with van der Waals surface area (Å²) >= 11 is 1.35. The molecule has 2 aromatic carbocycles. The van der Waals surface area contributed by atoms with Gasteiger partial charge in [0.05, 0.1) is 23.0 Å². The highest BCUT2D eigenvalue weighted by Crippen LogP contribution is 2.49. The number of hydrogen-bond donors (Lipinski definition) is 2. The van der Waals surface area contributed by atoms with E-state index in [-0.39, 0.29) is 35.0 Å². The van der Waals surface area contributed by atoms with Gasteiger partial charge in [0.1, 0.15) is 5.69 Å². The summed E-state index contributed by atoms with van der Waals surface area (Å²) in [5.41, 5.74) is 3.22. The minimum absolute atomic E-state index is 0.0271. The van der Waals surface area contributed by atoms with E-state index in [1.54, 1.807) is 10.9 Å². The predicted molar refractivity (Wildman–Crippen MR) is 157 cm³/mol. The zero-order valence-electron chi connectivity index (χ0n) is 23.5. The lowest BCUT2D eigenvalue weighted by molar-refractivity contribution is -0.138. The van der Waals surface area contributed by atoms with Crippen molar-refractivity contribution in [3.8, 4) is 0 Å². The van der Waals surface area contributed by atoms with Crippen LogP contribution in [0.1, 0.15) is 84.6 Å². The van der Waals surface area contributed by atoms with Gasteiger partial charge in [-0.15, -0.1) is 11.3 Å². The van der Waals surface area contributed by atoms with Crippen LogP contribution in [0.5, 0.6) is 0 Å². The standard InChI is InChI=1S/C32H35F3N4O2S/c1-19-9-12-24(16-26(19)32(33,34)35)38-30(40)25-15-21-5-4-8-28(21)39(31(41)27-17-42-18-36-27)29(25)20-10-13-23(14-11-20)37-22-6-2-3-7-22/h9-14,16-18,21-22,25,28-29,37H,2-8,15H2,1H3,(H,38,40)/t21-,25?,28-,29?/m0/s1. The van der Waals surface area contributed by atoms with Crippen molar-refractivity contribution >= 4 is 34.5 Å². The molecule has 222 valence electrons. The number of halogens is 3. The summed E-state index contributed by atoms with van der Waals surface area (Å²) in [5.74, 6) is -1.10. The molecule has 1 aromatic heterocycles. The molecule has 1 aliphatic heterocycles. The SMILES string of the molecule is Cc1ccc(NC(=O)C2C[C@@H]3CCC[C@@H]3N(C(=O)c3cscn3)C2c2ccc(NC3CCCC3)cc2)cc1C(F)(F)F. The molecule has 1 saturated heterocycles. The Hall–Kier alpha value is -3.40. The average molecular weight is 597 g/mol. The minimum Gasteiger partial charge on any atom is -0.382 e. The van der Waals surface area contributed by atoms with Gasteiger partial charge in [-0.25, -0.2) is 4.98 Å². The maximum Gasteiger partial charge on any atom is 0.416 e. The van der Waals surface area contributed by atoms with E-state index in [1.807, 2.05) is 29.2 Å². The summed E-state index contributed by atoms with van der Waals surface area (Å²) in [4.78, 5) is 34.1. The van der Waals surface area contributed by atoms with Crippen molar-refractivity contribution in [3.63, 3.8) is 0 Å². The smallest absolute Gasteiger partial charge is 0.382 e. The monoisotopic (exact) mass is 596 g/mol. The maximum atomic E-state index is 14.0. The zero-order chi connectivity index (χ0) is 29.4. The minimum atomic E-state index is -4.53. The number of benzene rings is 2. The van der Waals surface area contributed by atoms with Gasteiger partial charge in [-0.3, -0.25) is 9.59 Å². The van der Waals surface area contributed by atoms with Crippen LogP contribution in [0.4, 0.5) is 24.5 Å². The van der Waals surface area contributed by atoms with Crippen molar-refractivity contribution in [1.29, 1.82) is 0 Å². The predicted octanol–water partition coefficient (Wildman–Crippen LogP) is 7.84. The molecule has 2 aliphatic carbocycles. The van der Waals surface area contributed by atoms with Crippen molar-refractivity contribution in [1.82, 2.24) is 9.88 Å². The molecule has 2 unspecified atom stereocenters. The van der Waals surface area contributed by atoms with Gasteiger partial charge in [0.15, 0.2) is 0 Å². The number of alkyl halides is 3. The first-order valence-electron chi connectivity index (χ1n) is 14.7. The number of aromatic nitrogens is 1. The number of hydrogen-bond acceptors (Lipinski definition) is 5. The molecule has 6 rings (SSSR count). The third kappa shape index (κ3) is 5.78. The van der Waals surface area contributed by atoms with Gasteiger partial charge in [0.2, 0.25) is 5.91 Å². The van der Waals surface area contributed by atoms with Crippen molar-refractivity contribution in [3.05, 3.63) is 75.7 Å². The number of fused-ring (bicyclic) bond motifs is 1. The molecule has 42 heavy (non-hydrogen) atoms. The van der Waals surface area contributed by atoms with E-state index >= 15 is 0 Å². The van der Waals surface area contributed by atoms with Crippen LogP contribution in [-0.4, -0.2) is 33.8 Å². The molecule has 0 bridgehead atoms. The molecule has 3 aliphatic rings. The fourth-order valence-electron chi connectivity index (χ4n) is 7.21. The van der Waals surface area contributed by atoms with Crippen LogP contribution >= 0.6 is 11.3 Å². The highest BCUT2D eigenvalue weighted by Gasteiger charge is 2.50. The average Bonchev–Trinajstić information content (AvgIpc) is 3.76. The number of thiazole rings is 1. The topological polar surface area (TPSA) is 74.3 Å². The molecule has 10 heteroatoms. The summed E-state index contributed by atoms with van der Waals surface area (Å²) in [6.45, 7) is 1.40. The quantitative estimate of drug-likeness (QED) is 0.304. The molecule has 3 aromatic rings. The van der Waals surface area contributed by atoms with Gasteiger partial charge < -0.3 is 15.5 Å². The number of piperidine rings is 1. The summed E-state index contributed by atoms with van der Waals surface area (Å²) in [6, 6.07) is 11.7. The number of carbonyl (C=O) groups excluding carboxylic acids is 2. The van der Waals surface area contributed by atoms with E-state index in [1.165, 1.54) is 43.2 Å². The molecule has 2 N–H and O–H groups in total. The third-order valence-electron chi connectivity index (χ3n) is 9.23. The summed E-state index contributed by atoms with van der Waals surface area (Å²) in [7, 11) is 0. The van der Waals surface area contributed by atoms with Crippen molar-refractivity contribution < 1.29 is 22.8 Å². The molecule has 2 heterocycles. The summed E-state index contributed by atoms with van der Waals surface area (Å²) in [5, 5.41) is 8.10. The van der Waals surface area contributed by atoms with Crippen molar-refractivity contribution in [2.45, 2.75) is 82.6 Å². The van der Waals surface area contributed by atoms with Crippen LogP contribution in [0.3, 0.4) is 0 Å². The van der Waals surface area contributed by atoms with Crippen molar-refractivity contribution in [2.75, 3.05) is 10.6 Å². The molecule has 3 fully saturated rings. The third-order valence-corrected chi connectivity index (χ3v) is 9.81. The molecule has 6 nitrogen and oxygen atoms in total. The Bertz CT molecular complexity index is 1420. The molecular formula is C32H35F3N4O2S. The first-order chi connectivity index (χ1) is 20.2. The Labute approximate surface area is 247 Å². The van der Waals surface area contributed by atoms with E-state index in [2.05, 4.69) is 15.6 Å². The Morgan fingerprint density at radius 2 is 1.71 bits per heavy atom. The number of carbonyl (C=O) groups is 2. The van der Waals surface area contributed by atoms with Gasteiger partial charge >= 0.3 is 6.18 Å². The normalized spacial score (nSPS) is 24.4. The number of rotatable bonds is 6. The zero-order valence-corrected chi connectivity index (χ0v) is 24.3. The molecular weight excluding hydrogens is 561 g/mol. The van der Waals surface area contributed by atoms with E-state index in [9.17, 15) is 22.8 Å². The van der Waals surface area contributed by atoms with Gasteiger partial charge in [-0.05, 0) is 80.3 Å². The second kappa shape index (κ2) is 11.7. The van der Waals surface area contributed by atoms with Crippen LogP contribution in [0.15, 0.2) is 53.4 Å². The molecule has 2 amide bonds. The number of likely N-dealkylation sites (tertiary alicyclic amines) is 1. The largest absolute Gasteiger partial charge is 0.416 e. The van der Waals surface area contributed by atoms with Gasteiger partial charge in [-0.2, -0.15) is 13.2 Å². The van der Waals surface area contributed by atoms with Gasteiger partial charge in [0, 0.05) is 28.8 Å². The highest BCUT2D eigenvalue weighted by atomic mass is 32.1. The van der Waals surface area contributed by atoms with Crippen LogP contribution in [0.2, 0.25) is 0 Å². The fourth-order valence-corrected chi connectivity index (χ4v) is 7.73. The number of nitrogens with one attached hydrogen (secondary N) is 2. The van der Waals surface area contributed by atoms with Crippen molar-refractivity contribution in [2.24, 2.45) is 11.8 Å². The maximum absolute atomic E-state index is 14.0. The number of nitrogens with zero attached hydrogens (tertiary/aromatic N) is 2. The Morgan fingerprint density at radius 1 is 0.976 bits per heavy atom. The van der Waals surface area contributed by atoms with Crippen LogP contribution in [0, 0.1) is 18.8 Å². The molecule has 2 saturated carbocycles. The Morgan fingerprint density at radius 3 is 2.40 bits per heavy atom.